The van der Waals surface area contributed by atoms with Crippen LogP contribution >= 0.6 is 0 Å². The lowest BCUT2D eigenvalue weighted by molar-refractivity contribution is 0.480. The van der Waals surface area contributed by atoms with Gasteiger partial charge >= 0.3 is 0 Å². The monoisotopic (exact) mass is 227 g/mol. The number of hydrogen-bond donors (Lipinski definition) is 2. The van der Waals surface area contributed by atoms with Gasteiger partial charge in [-0.2, -0.15) is 0 Å². The molecule has 1 saturated carbocycles. The Bertz CT molecular complexity index is 514. The average molecular weight is 227 g/mol. The van der Waals surface area contributed by atoms with Gasteiger partial charge in [0.1, 0.15) is 0 Å². The maximum Gasteiger partial charge on any atom is 0.0664 e. The lowest BCUT2D eigenvalue weighted by Gasteiger charge is -2.16. The summed E-state index contributed by atoms with van der Waals surface area (Å²) < 4.78 is 0. The quantitative estimate of drug-likeness (QED) is 0.623. The summed E-state index contributed by atoms with van der Waals surface area (Å²) in [7, 11) is 0. The van der Waals surface area contributed by atoms with Crippen molar-refractivity contribution in [1.82, 2.24) is 10.4 Å². The molecule has 2 aromatic rings. The topological polar surface area (TPSA) is 50.9 Å². The molecule has 3 heteroatoms. The predicted molar refractivity (Wildman–Crippen MR) is 69.1 cm³/mol. The van der Waals surface area contributed by atoms with E-state index in [1.54, 1.807) is 0 Å². The highest BCUT2D eigenvalue weighted by Crippen LogP contribution is 2.38. The molecule has 1 fully saturated rings. The Hall–Kier alpha value is -1.45. The fraction of sp³-hybridized carbons (Fsp3) is 0.357. The lowest BCUT2D eigenvalue weighted by Crippen LogP contribution is -2.29. The van der Waals surface area contributed by atoms with E-state index in [4.69, 9.17) is 5.84 Å². The highest BCUT2D eigenvalue weighted by atomic mass is 15.2. The molecule has 0 saturated heterocycles. The van der Waals surface area contributed by atoms with Crippen molar-refractivity contribution in [3.05, 3.63) is 42.2 Å². The van der Waals surface area contributed by atoms with E-state index in [0.717, 1.165) is 18.0 Å². The first-order chi connectivity index (χ1) is 8.38. The average Bonchev–Trinajstić information content (AvgIpc) is 3.19. The van der Waals surface area contributed by atoms with Crippen molar-refractivity contribution in [3.8, 4) is 0 Å². The maximum absolute atomic E-state index is 5.68. The molecule has 1 aromatic carbocycles. The number of hydrazine groups is 1. The molecular weight excluding hydrogens is 210 g/mol. The standard InChI is InChI=1S/C14H17N3/c15-17-13(9-10-5-6-10)14-12-4-2-1-3-11(12)7-8-16-14/h1-4,7-8,10,13,17H,5-6,9,15H2. The minimum atomic E-state index is 0.175. The third-order valence-corrected chi connectivity index (χ3v) is 3.50. The minimum absolute atomic E-state index is 0.175. The van der Waals surface area contributed by atoms with Gasteiger partial charge in [0.15, 0.2) is 0 Å². The van der Waals surface area contributed by atoms with Crippen molar-refractivity contribution < 1.29 is 0 Å². The van der Waals surface area contributed by atoms with Crippen LogP contribution in [0.25, 0.3) is 10.8 Å². The highest BCUT2D eigenvalue weighted by molar-refractivity contribution is 5.84. The van der Waals surface area contributed by atoms with Gasteiger partial charge < -0.3 is 0 Å². The first-order valence-corrected chi connectivity index (χ1v) is 6.18. The summed E-state index contributed by atoms with van der Waals surface area (Å²) >= 11 is 0. The van der Waals surface area contributed by atoms with Crippen LogP contribution in [0.15, 0.2) is 36.5 Å². The second-order valence-corrected chi connectivity index (χ2v) is 4.82. The first-order valence-electron chi connectivity index (χ1n) is 6.18. The van der Waals surface area contributed by atoms with Crippen molar-refractivity contribution >= 4 is 10.8 Å². The molecule has 3 rings (SSSR count). The molecule has 0 spiro atoms. The van der Waals surface area contributed by atoms with Crippen molar-refractivity contribution in [1.29, 1.82) is 0 Å². The summed E-state index contributed by atoms with van der Waals surface area (Å²) in [6, 6.07) is 10.6. The van der Waals surface area contributed by atoms with Crippen LogP contribution in [0.4, 0.5) is 0 Å². The Morgan fingerprint density at radius 3 is 2.88 bits per heavy atom. The SMILES string of the molecule is NNC(CC1CC1)c1nccc2ccccc12. The summed E-state index contributed by atoms with van der Waals surface area (Å²) in [5, 5.41) is 2.44. The summed E-state index contributed by atoms with van der Waals surface area (Å²) in [5.41, 5.74) is 4.00. The Morgan fingerprint density at radius 1 is 1.29 bits per heavy atom. The van der Waals surface area contributed by atoms with Crippen molar-refractivity contribution in [2.75, 3.05) is 0 Å². The molecule has 1 aliphatic carbocycles. The second-order valence-electron chi connectivity index (χ2n) is 4.82. The number of rotatable bonds is 4. The molecule has 88 valence electrons. The molecule has 0 bridgehead atoms. The van der Waals surface area contributed by atoms with E-state index >= 15 is 0 Å². The van der Waals surface area contributed by atoms with Gasteiger partial charge in [0, 0.05) is 11.6 Å². The molecule has 1 heterocycles. The summed E-state index contributed by atoms with van der Waals surface area (Å²) in [5.74, 6) is 6.51. The summed E-state index contributed by atoms with van der Waals surface area (Å²) in [4.78, 5) is 4.52. The zero-order chi connectivity index (χ0) is 11.7. The van der Waals surface area contributed by atoms with Gasteiger partial charge in [-0.25, -0.2) is 0 Å². The third-order valence-electron chi connectivity index (χ3n) is 3.50. The lowest BCUT2D eigenvalue weighted by atomic mass is 10.0. The minimum Gasteiger partial charge on any atom is -0.271 e. The molecule has 3 N–H and O–H groups in total. The van der Waals surface area contributed by atoms with Gasteiger partial charge in [0.2, 0.25) is 0 Å². The fourth-order valence-corrected chi connectivity index (χ4v) is 2.37. The number of nitrogens with two attached hydrogens (primary N) is 1. The Kier molecular flexibility index (Phi) is 2.79. The number of hydrogen-bond acceptors (Lipinski definition) is 3. The number of nitrogens with zero attached hydrogens (tertiary/aromatic N) is 1. The Morgan fingerprint density at radius 2 is 2.12 bits per heavy atom. The Balaban J connectivity index is 2.01. The summed E-state index contributed by atoms with van der Waals surface area (Å²) in [6.07, 6.45) is 5.64. The van der Waals surface area contributed by atoms with E-state index in [1.165, 1.54) is 23.6 Å². The van der Waals surface area contributed by atoms with Crippen LogP contribution in [0.1, 0.15) is 31.0 Å². The highest BCUT2D eigenvalue weighted by Gasteiger charge is 2.27. The molecule has 0 radical (unpaired) electrons. The predicted octanol–water partition coefficient (Wildman–Crippen LogP) is 2.54. The molecule has 1 aromatic heterocycles. The fourth-order valence-electron chi connectivity index (χ4n) is 2.37. The van der Waals surface area contributed by atoms with E-state index in [9.17, 15) is 0 Å². The van der Waals surface area contributed by atoms with Crippen LogP contribution in [0.2, 0.25) is 0 Å². The van der Waals surface area contributed by atoms with Crippen LogP contribution in [0.3, 0.4) is 0 Å². The van der Waals surface area contributed by atoms with Crippen LogP contribution in [0.5, 0.6) is 0 Å². The second kappa shape index (κ2) is 4.43. The van der Waals surface area contributed by atoms with Gasteiger partial charge in [-0.05, 0) is 23.8 Å². The van der Waals surface area contributed by atoms with Gasteiger partial charge in [0.25, 0.3) is 0 Å². The van der Waals surface area contributed by atoms with E-state index in [-0.39, 0.29) is 6.04 Å². The largest absolute Gasteiger partial charge is 0.271 e. The van der Waals surface area contributed by atoms with E-state index in [0.29, 0.717) is 0 Å². The summed E-state index contributed by atoms with van der Waals surface area (Å²) in [6.45, 7) is 0. The zero-order valence-corrected chi connectivity index (χ0v) is 9.76. The zero-order valence-electron chi connectivity index (χ0n) is 9.76. The molecule has 1 unspecified atom stereocenters. The number of aromatic nitrogens is 1. The molecule has 0 aliphatic heterocycles. The molecule has 17 heavy (non-hydrogen) atoms. The normalized spacial score (nSPS) is 17.2. The van der Waals surface area contributed by atoms with E-state index in [1.807, 2.05) is 12.3 Å². The number of pyridine rings is 1. The molecule has 0 amide bonds. The smallest absolute Gasteiger partial charge is 0.0664 e. The van der Waals surface area contributed by atoms with Gasteiger partial charge in [-0.3, -0.25) is 16.3 Å². The van der Waals surface area contributed by atoms with Crippen LogP contribution < -0.4 is 11.3 Å². The van der Waals surface area contributed by atoms with E-state index < -0.39 is 0 Å². The molecule has 1 aliphatic rings. The van der Waals surface area contributed by atoms with Crippen molar-refractivity contribution in [3.63, 3.8) is 0 Å². The van der Waals surface area contributed by atoms with Crippen LogP contribution in [-0.2, 0) is 0 Å². The maximum atomic E-state index is 5.68. The van der Waals surface area contributed by atoms with Crippen LogP contribution in [0, 0.1) is 5.92 Å². The van der Waals surface area contributed by atoms with E-state index in [2.05, 4.69) is 34.7 Å². The molecular formula is C14H17N3. The van der Waals surface area contributed by atoms with Crippen molar-refractivity contribution in [2.24, 2.45) is 11.8 Å². The molecule has 3 nitrogen and oxygen atoms in total. The van der Waals surface area contributed by atoms with Gasteiger partial charge in [-0.15, -0.1) is 0 Å². The van der Waals surface area contributed by atoms with Gasteiger partial charge in [-0.1, -0.05) is 37.1 Å². The third kappa shape index (κ3) is 2.16. The number of nitrogens with one attached hydrogen (secondary N) is 1. The first kappa shape index (κ1) is 10.7. The van der Waals surface area contributed by atoms with Gasteiger partial charge in [0.05, 0.1) is 11.7 Å². The number of benzene rings is 1. The Labute approximate surface area is 101 Å². The van der Waals surface area contributed by atoms with Crippen LogP contribution in [-0.4, -0.2) is 4.98 Å². The molecule has 1 atom stereocenters. The number of fused-ring (bicyclic) bond motifs is 1. The van der Waals surface area contributed by atoms with Crippen molar-refractivity contribution in [2.45, 2.75) is 25.3 Å².